The fourth-order valence-electron chi connectivity index (χ4n) is 3.68. The van der Waals surface area contributed by atoms with Gasteiger partial charge in [-0.3, -0.25) is 4.79 Å². The zero-order chi connectivity index (χ0) is 17.0. The van der Waals surface area contributed by atoms with E-state index in [9.17, 15) is 15.0 Å². The second-order valence-electron chi connectivity index (χ2n) is 6.08. The second-order valence-corrected chi connectivity index (χ2v) is 6.08. The molecule has 0 radical (unpaired) electrons. The van der Waals surface area contributed by atoms with Gasteiger partial charge in [0.05, 0.1) is 32.3 Å². The van der Waals surface area contributed by atoms with Crippen LogP contribution in [0.1, 0.15) is 11.5 Å². The number of esters is 1. The maximum absolute atomic E-state index is 12.2. The molecule has 2 aliphatic heterocycles. The summed E-state index contributed by atoms with van der Waals surface area (Å²) in [6, 6.07) is 3.48. The molecule has 2 fully saturated rings. The molecule has 130 valence electrons. The van der Waals surface area contributed by atoms with Gasteiger partial charge >= 0.3 is 5.97 Å². The molecule has 6 atom stereocenters. The molecule has 1 saturated heterocycles. The van der Waals surface area contributed by atoms with Gasteiger partial charge in [-0.15, -0.1) is 0 Å². The van der Waals surface area contributed by atoms with Crippen LogP contribution in [0.3, 0.4) is 0 Å². The lowest BCUT2D eigenvalue weighted by molar-refractivity contribution is -0.156. The molecule has 1 aromatic rings. The van der Waals surface area contributed by atoms with Crippen LogP contribution >= 0.6 is 0 Å². The second kappa shape index (κ2) is 5.51. The zero-order valence-corrected chi connectivity index (χ0v) is 13.2. The molecule has 2 N–H and O–H groups in total. The van der Waals surface area contributed by atoms with Crippen LogP contribution in [0.25, 0.3) is 0 Å². The first-order chi connectivity index (χ1) is 11.6. The number of aliphatic hydroxyl groups is 2. The molecule has 0 unspecified atom stereocenters. The maximum Gasteiger partial charge on any atom is 0.312 e. The highest BCUT2D eigenvalue weighted by Gasteiger charge is 2.62. The van der Waals surface area contributed by atoms with Crippen LogP contribution in [0, 0.1) is 5.92 Å². The largest absolute Gasteiger partial charge is 0.493 e. The average Bonchev–Trinajstić information content (AvgIpc) is 3.24. The minimum atomic E-state index is -1.28. The molecule has 0 spiro atoms. The molecule has 8 nitrogen and oxygen atoms in total. The fraction of sp³-hybridized carbons (Fsp3) is 0.562. The molecule has 0 aromatic heterocycles. The van der Waals surface area contributed by atoms with Crippen molar-refractivity contribution in [3.63, 3.8) is 0 Å². The van der Waals surface area contributed by atoms with Crippen molar-refractivity contribution >= 4 is 5.97 Å². The normalized spacial score (nSPS) is 36.0. The minimum Gasteiger partial charge on any atom is -0.493 e. The lowest BCUT2D eigenvalue weighted by Crippen LogP contribution is -2.50. The number of hydrogen-bond acceptors (Lipinski definition) is 8. The van der Waals surface area contributed by atoms with E-state index in [-0.39, 0.29) is 12.9 Å². The van der Waals surface area contributed by atoms with Crippen LogP contribution in [-0.2, 0) is 14.3 Å². The average molecular weight is 338 g/mol. The predicted octanol–water partition coefficient (Wildman–Crippen LogP) is -0.201. The Morgan fingerprint density at radius 3 is 2.67 bits per heavy atom. The first kappa shape index (κ1) is 15.5. The van der Waals surface area contributed by atoms with E-state index in [1.165, 1.54) is 14.2 Å². The van der Waals surface area contributed by atoms with Crippen molar-refractivity contribution in [3.05, 3.63) is 17.7 Å². The van der Waals surface area contributed by atoms with E-state index in [2.05, 4.69) is 0 Å². The van der Waals surface area contributed by atoms with Crippen LogP contribution in [0.2, 0.25) is 0 Å². The highest BCUT2D eigenvalue weighted by molar-refractivity contribution is 5.75. The standard InChI is InChI=1S/C16H18O8/c1-20-7-3-6(4-8-13(7)23-5-22-8)9-10(16(19)21-2)11(17)12(18)15-14(9)24-15/h3-4,9-12,14-15,17-18H,5H2,1-2H3/t9-,10-,11+,12+,14-,15+/m1/s1. The van der Waals surface area contributed by atoms with Crippen molar-refractivity contribution in [3.8, 4) is 17.2 Å². The molecule has 4 rings (SSSR count). The molecule has 1 aromatic carbocycles. The summed E-state index contributed by atoms with van der Waals surface area (Å²) in [5.41, 5.74) is 0.699. The van der Waals surface area contributed by atoms with E-state index in [0.717, 1.165) is 0 Å². The summed E-state index contributed by atoms with van der Waals surface area (Å²) in [7, 11) is 2.76. The lowest BCUT2D eigenvalue weighted by Gasteiger charge is -2.34. The van der Waals surface area contributed by atoms with E-state index in [4.69, 9.17) is 23.7 Å². The summed E-state index contributed by atoms with van der Waals surface area (Å²) in [5.74, 6) is -0.548. The molecule has 1 saturated carbocycles. The molecule has 24 heavy (non-hydrogen) atoms. The summed E-state index contributed by atoms with van der Waals surface area (Å²) < 4.78 is 26.5. The monoisotopic (exact) mass is 338 g/mol. The van der Waals surface area contributed by atoms with Crippen LogP contribution in [0.4, 0.5) is 0 Å². The number of aliphatic hydroxyl groups excluding tert-OH is 2. The third-order valence-corrected chi connectivity index (χ3v) is 4.90. The van der Waals surface area contributed by atoms with E-state index in [0.29, 0.717) is 22.8 Å². The number of methoxy groups -OCH3 is 2. The Bertz CT molecular complexity index is 674. The smallest absolute Gasteiger partial charge is 0.312 e. The number of epoxide rings is 1. The number of fused-ring (bicyclic) bond motifs is 2. The quantitative estimate of drug-likeness (QED) is 0.576. The van der Waals surface area contributed by atoms with Gasteiger partial charge in [-0.25, -0.2) is 0 Å². The van der Waals surface area contributed by atoms with Gasteiger partial charge in [0, 0.05) is 5.92 Å². The highest BCUT2D eigenvalue weighted by Crippen LogP contribution is 2.52. The van der Waals surface area contributed by atoms with E-state index in [1.807, 2.05) is 0 Å². The summed E-state index contributed by atoms with van der Waals surface area (Å²) >= 11 is 0. The molecule has 8 heteroatoms. The molecule has 0 bridgehead atoms. The Kier molecular flexibility index (Phi) is 3.56. The zero-order valence-electron chi connectivity index (χ0n) is 13.2. The van der Waals surface area contributed by atoms with Crippen molar-refractivity contribution in [2.45, 2.75) is 30.3 Å². The Hall–Kier alpha value is -2.03. The van der Waals surface area contributed by atoms with Crippen molar-refractivity contribution < 1.29 is 38.7 Å². The number of carbonyl (C=O) groups is 1. The van der Waals surface area contributed by atoms with E-state index in [1.54, 1.807) is 12.1 Å². The number of rotatable bonds is 3. The van der Waals surface area contributed by atoms with E-state index < -0.39 is 36.1 Å². The summed E-state index contributed by atoms with van der Waals surface area (Å²) in [6.07, 6.45) is -3.27. The topological polar surface area (TPSA) is 107 Å². The third-order valence-electron chi connectivity index (χ3n) is 4.90. The van der Waals surface area contributed by atoms with Gasteiger partial charge in [-0.1, -0.05) is 0 Å². The van der Waals surface area contributed by atoms with Crippen LogP contribution in [-0.4, -0.2) is 61.6 Å². The Morgan fingerprint density at radius 1 is 1.17 bits per heavy atom. The van der Waals surface area contributed by atoms with Crippen molar-refractivity contribution in [1.29, 1.82) is 0 Å². The molecule has 2 heterocycles. The number of benzene rings is 1. The summed E-state index contributed by atoms with van der Waals surface area (Å²) in [4.78, 5) is 12.2. The van der Waals surface area contributed by atoms with Gasteiger partial charge in [0.2, 0.25) is 12.5 Å². The van der Waals surface area contributed by atoms with Gasteiger partial charge in [0.25, 0.3) is 0 Å². The number of carbonyl (C=O) groups excluding carboxylic acids is 1. The molecular formula is C16H18O8. The summed E-state index contributed by atoms with van der Waals surface area (Å²) in [6.45, 7) is 0.0874. The van der Waals surface area contributed by atoms with Gasteiger partial charge in [0.1, 0.15) is 12.2 Å². The first-order valence-corrected chi connectivity index (χ1v) is 7.63. The highest BCUT2D eigenvalue weighted by atomic mass is 16.7. The van der Waals surface area contributed by atoms with Gasteiger partial charge in [-0.2, -0.15) is 0 Å². The number of hydrogen-bond donors (Lipinski definition) is 2. The Morgan fingerprint density at radius 2 is 1.96 bits per heavy atom. The molecular weight excluding hydrogens is 320 g/mol. The first-order valence-electron chi connectivity index (χ1n) is 7.63. The Balaban J connectivity index is 1.78. The summed E-state index contributed by atoms with van der Waals surface area (Å²) in [5, 5.41) is 20.4. The Labute approximate surface area is 137 Å². The lowest BCUT2D eigenvalue weighted by atomic mass is 9.72. The SMILES string of the molecule is COC(=O)[C@H]1[C@H](O)[C@H](O)[C@@H]2O[C@@H]2[C@@H]1c1cc(OC)c2c(c1)OCO2. The van der Waals surface area contributed by atoms with Crippen LogP contribution in [0.15, 0.2) is 12.1 Å². The maximum atomic E-state index is 12.2. The predicted molar refractivity (Wildman–Crippen MR) is 78.0 cm³/mol. The van der Waals surface area contributed by atoms with E-state index >= 15 is 0 Å². The van der Waals surface area contributed by atoms with Crippen molar-refractivity contribution in [1.82, 2.24) is 0 Å². The van der Waals surface area contributed by atoms with Gasteiger partial charge in [0.15, 0.2) is 11.5 Å². The number of ether oxygens (including phenoxy) is 5. The fourth-order valence-corrected chi connectivity index (χ4v) is 3.68. The van der Waals surface area contributed by atoms with Gasteiger partial charge < -0.3 is 33.9 Å². The van der Waals surface area contributed by atoms with Gasteiger partial charge in [-0.05, 0) is 17.7 Å². The van der Waals surface area contributed by atoms with Crippen molar-refractivity contribution in [2.24, 2.45) is 5.92 Å². The van der Waals surface area contributed by atoms with Crippen LogP contribution < -0.4 is 14.2 Å². The minimum absolute atomic E-state index is 0.0874. The third kappa shape index (κ3) is 2.14. The van der Waals surface area contributed by atoms with Crippen LogP contribution in [0.5, 0.6) is 17.2 Å². The molecule has 0 amide bonds. The van der Waals surface area contributed by atoms with Crippen molar-refractivity contribution in [2.75, 3.05) is 21.0 Å². The molecule has 1 aliphatic carbocycles. The molecule has 3 aliphatic rings.